The minimum absolute atomic E-state index is 1.15. The van der Waals surface area contributed by atoms with Gasteiger partial charge in [0.2, 0.25) is 0 Å². The molecule has 10 rings (SSSR count). The second-order valence-electron chi connectivity index (χ2n) is 12.6. The molecule has 8 aromatic carbocycles. The lowest BCUT2D eigenvalue weighted by Crippen LogP contribution is -1.97. The molecule has 2 heterocycles. The SMILES string of the molecule is c1ccc(-c2ccc(-n3c4ccccc4c4cc5ccccc5c(-c5ccc6c7ccccc7n(-c7ccccc7)c6c5)c43)cc2)cc1. The van der Waals surface area contributed by atoms with Crippen molar-refractivity contribution in [2.45, 2.75) is 0 Å². The Hall–Kier alpha value is -6.38. The minimum atomic E-state index is 1.15. The summed E-state index contributed by atoms with van der Waals surface area (Å²) in [5.41, 5.74) is 12.0. The second-order valence-corrected chi connectivity index (χ2v) is 12.6. The van der Waals surface area contributed by atoms with Crippen molar-refractivity contribution in [2.75, 3.05) is 0 Å². The molecule has 0 saturated heterocycles. The Morgan fingerprint density at radius 3 is 1.56 bits per heavy atom. The van der Waals surface area contributed by atoms with Gasteiger partial charge in [-0.15, -0.1) is 0 Å². The lowest BCUT2D eigenvalue weighted by Gasteiger charge is -2.16. The fraction of sp³-hybridized carbons (Fsp3) is 0. The van der Waals surface area contributed by atoms with E-state index in [1.807, 2.05) is 0 Å². The molecular weight excluding hydrogens is 581 g/mol. The summed E-state index contributed by atoms with van der Waals surface area (Å²) in [6.45, 7) is 0. The van der Waals surface area contributed by atoms with E-state index >= 15 is 0 Å². The third-order valence-electron chi connectivity index (χ3n) is 9.89. The highest BCUT2D eigenvalue weighted by Gasteiger charge is 2.21. The average molecular weight is 611 g/mol. The maximum Gasteiger partial charge on any atom is 0.0625 e. The molecule has 0 aliphatic heterocycles. The molecule has 0 aliphatic carbocycles. The van der Waals surface area contributed by atoms with Gasteiger partial charge in [-0.2, -0.15) is 0 Å². The van der Waals surface area contributed by atoms with E-state index in [-0.39, 0.29) is 0 Å². The molecule has 0 radical (unpaired) electrons. The Morgan fingerprint density at radius 2 is 0.812 bits per heavy atom. The van der Waals surface area contributed by atoms with Crippen molar-refractivity contribution < 1.29 is 0 Å². The van der Waals surface area contributed by atoms with Gasteiger partial charge in [-0.1, -0.05) is 133 Å². The summed E-state index contributed by atoms with van der Waals surface area (Å²) in [7, 11) is 0. The Labute approximate surface area is 278 Å². The van der Waals surface area contributed by atoms with Crippen molar-refractivity contribution in [1.29, 1.82) is 0 Å². The van der Waals surface area contributed by atoms with Crippen molar-refractivity contribution in [2.24, 2.45) is 0 Å². The van der Waals surface area contributed by atoms with Crippen molar-refractivity contribution in [1.82, 2.24) is 9.13 Å². The summed E-state index contributed by atoms with van der Waals surface area (Å²) in [5, 5.41) is 7.52. The quantitative estimate of drug-likeness (QED) is 0.188. The summed E-state index contributed by atoms with van der Waals surface area (Å²) < 4.78 is 4.88. The Bertz CT molecular complexity index is 2800. The number of hydrogen-bond acceptors (Lipinski definition) is 0. The van der Waals surface area contributed by atoms with Crippen LogP contribution in [0.3, 0.4) is 0 Å². The van der Waals surface area contributed by atoms with Crippen molar-refractivity contribution >= 4 is 54.4 Å². The van der Waals surface area contributed by atoms with Crippen LogP contribution in [-0.2, 0) is 0 Å². The molecule has 224 valence electrons. The van der Waals surface area contributed by atoms with Crippen LogP contribution in [0.1, 0.15) is 0 Å². The lowest BCUT2D eigenvalue weighted by molar-refractivity contribution is 1.18. The van der Waals surface area contributed by atoms with Gasteiger partial charge in [0.05, 0.1) is 22.1 Å². The predicted octanol–water partition coefficient (Wildman–Crippen LogP) is 12.4. The van der Waals surface area contributed by atoms with Crippen molar-refractivity contribution in [3.8, 4) is 33.6 Å². The van der Waals surface area contributed by atoms with Crippen LogP contribution in [0.25, 0.3) is 88.0 Å². The molecule has 2 heteroatoms. The summed E-state index contributed by atoms with van der Waals surface area (Å²) in [6, 6.07) is 66.2. The number of benzene rings is 8. The molecule has 48 heavy (non-hydrogen) atoms. The fourth-order valence-corrected chi connectivity index (χ4v) is 7.77. The van der Waals surface area contributed by atoms with Gasteiger partial charge < -0.3 is 9.13 Å². The van der Waals surface area contributed by atoms with Gasteiger partial charge in [-0.3, -0.25) is 0 Å². The lowest BCUT2D eigenvalue weighted by atomic mass is 9.94. The number of nitrogens with zero attached hydrogens (tertiary/aromatic N) is 2. The Kier molecular flexibility index (Phi) is 5.91. The van der Waals surface area contributed by atoms with Gasteiger partial charge >= 0.3 is 0 Å². The van der Waals surface area contributed by atoms with Crippen LogP contribution in [0.15, 0.2) is 182 Å². The van der Waals surface area contributed by atoms with Gasteiger partial charge in [0.25, 0.3) is 0 Å². The Morgan fingerprint density at radius 1 is 0.292 bits per heavy atom. The van der Waals surface area contributed by atoms with Crippen LogP contribution >= 0.6 is 0 Å². The smallest absolute Gasteiger partial charge is 0.0625 e. The standard InChI is InChI=1S/C46H30N2/c1-3-13-31(14-4-1)32-23-26-36(27-24-32)48-43-22-12-10-20-39(43)41-29-33-15-7-8-18-37(33)45(46(41)48)34-25-28-40-38-19-9-11-21-42(38)47(44(40)30-34)35-16-5-2-6-17-35/h1-30H. The molecule has 0 aliphatic rings. The van der Waals surface area contributed by atoms with E-state index in [4.69, 9.17) is 0 Å². The van der Waals surface area contributed by atoms with Crippen molar-refractivity contribution in [3.63, 3.8) is 0 Å². The van der Waals surface area contributed by atoms with Gasteiger partial charge in [-0.25, -0.2) is 0 Å². The van der Waals surface area contributed by atoms with Crippen LogP contribution in [0.2, 0.25) is 0 Å². The molecule has 0 saturated carbocycles. The first kappa shape index (κ1) is 26.8. The van der Waals surface area contributed by atoms with Crippen LogP contribution in [0.4, 0.5) is 0 Å². The van der Waals surface area contributed by atoms with E-state index in [1.165, 1.54) is 76.6 Å². The van der Waals surface area contributed by atoms with E-state index in [9.17, 15) is 0 Å². The van der Waals surface area contributed by atoms with Crippen LogP contribution in [0, 0.1) is 0 Å². The zero-order valence-corrected chi connectivity index (χ0v) is 26.2. The minimum Gasteiger partial charge on any atom is -0.309 e. The number of para-hydroxylation sites is 3. The monoisotopic (exact) mass is 610 g/mol. The van der Waals surface area contributed by atoms with Gasteiger partial charge in [-0.05, 0) is 76.0 Å². The highest BCUT2D eigenvalue weighted by molar-refractivity contribution is 6.22. The van der Waals surface area contributed by atoms with Crippen LogP contribution in [0.5, 0.6) is 0 Å². The maximum atomic E-state index is 2.47. The summed E-state index contributed by atoms with van der Waals surface area (Å²) in [5.74, 6) is 0. The Balaban J connectivity index is 1.31. The first-order chi connectivity index (χ1) is 23.8. The first-order valence-corrected chi connectivity index (χ1v) is 16.5. The van der Waals surface area contributed by atoms with E-state index in [2.05, 4.69) is 191 Å². The summed E-state index contributed by atoms with van der Waals surface area (Å²) in [4.78, 5) is 0. The van der Waals surface area contributed by atoms with E-state index < -0.39 is 0 Å². The molecule has 2 aromatic heterocycles. The molecule has 0 unspecified atom stereocenters. The number of aromatic nitrogens is 2. The average Bonchev–Trinajstić information content (AvgIpc) is 3.67. The normalized spacial score (nSPS) is 11.8. The molecule has 2 nitrogen and oxygen atoms in total. The zero-order chi connectivity index (χ0) is 31.6. The largest absolute Gasteiger partial charge is 0.309 e. The third-order valence-corrected chi connectivity index (χ3v) is 9.89. The summed E-state index contributed by atoms with van der Waals surface area (Å²) >= 11 is 0. The highest BCUT2D eigenvalue weighted by Crippen LogP contribution is 2.44. The van der Waals surface area contributed by atoms with Crippen LogP contribution in [-0.4, -0.2) is 9.13 Å². The van der Waals surface area contributed by atoms with Crippen LogP contribution < -0.4 is 0 Å². The number of rotatable bonds is 4. The molecule has 0 amide bonds. The van der Waals surface area contributed by atoms with E-state index in [0.29, 0.717) is 0 Å². The first-order valence-electron chi connectivity index (χ1n) is 16.5. The molecular formula is C46H30N2. The van der Waals surface area contributed by atoms with Gasteiger partial charge in [0, 0.05) is 38.5 Å². The molecule has 0 fully saturated rings. The zero-order valence-electron chi connectivity index (χ0n) is 26.2. The molecule has 0 bridgehead atoms. The fourth-order valence-electron chi connectivity index (χ4n) is 7.77. The molecule has 0 atom stereocenters. The highest BCUT2D eigenvalue weighted by atomic mass is 15.0. The summed E-state index contributed by atoms with van der Waals surface area (Å²) in [6.07, 6.45) is 0. The van der Waals surface area contributed by atoms with E-state index in [0.717, 1.165) is 11.4 Å². The molecule has 0 N–H and O–H groups in total. The second kappa shape index (κ2) is 10.6. The molecule has 0 spiro atoms. The van der Waals surface area contributed by atoms with Crippen molar-refractivity contribution in [3.05, 3.63) is 182 Å². The van der Waals surface area contributed by atoms with Gasteiger partial charge in [0.15, 0.2) is 0 Å². The third kappa shape index (κ3) is 4.00. The van der Waals surface area contributed by atoms with Gasteiger partial charge in [0.1, 0.15) is 0 Å². The topological polar surface area (TPSA) is 9.86 Å². The van der Waals surface area contributed by atoms with E-state index in [1.54, 1.807) is 0 Å². The predicted molar refractivity (Wildman–Crippen MR) is 203 cm³/mol. The number of hydrogen-bond donors (Lipinski definition) is 0. The number of fused-ring (bicyclic) bond motifs is 7. The molecule has 10 aromatic rings. The maximum absolute atomic E-state index is 2.47.